The highest BCUT2D eigenvalue weighted by Crippen LogP contribution is 2.44. The summed E-state index contributed by atoms with van der Waals surface area (Å²) in [4.78, 5) is 14.1. The summed E-state index contributed by atoms with van der Waals surface area (Å²) >= 11 is 2.03. The maximum atomic E-state index is 11.7. The van der Waals surface area contributed by atoms with Crippen LogP contribution in [-0.2, 0) is 4.79 Å². The van der Waals surface area contributed by atoms with Crippen LogP contribution >= 0.6 is 11.8 Å². The van der Waals surface area contributed by atoms with Gasteiger partial charge in [-0.05, 0) is 43.8 Å². The minimum Gasteiger partial charge on any atom is -0.480 e. The van der Waals surface area contributed by atoms with Crippen molar-refractivity contribution in [3.63, 3.8) is 0 Å². The maximum Gasteiger partial charge on any atom is 0.320 e. The van der Waals surface area contributed by atoms with E-state index in [1.54, 1.807) is 0 Å². The summed E-state index contributed by atoms with van der Waals surface area (Å²) in [5, 5.41) is 10.2. The summed E-state index contributed by atoms with van der Waals surface area (Å²) in [5.41, 5.74) is 0. The molecule has 0 aromatic carbocycles. The third-order valence-corrected chi connectivity index (χ3v) is 6.74. The molecule has 2 saturated heterocycles. The third-order valence-electron chi connectivity index (χ3n) is 5.37. The average molecular weight is 283 g/mol. The standard InChI is InChI=1S/C15H25NO2S/c1-10-12(7-4-8-19-10)16-13-6-3-2-5-11(13)9-14(16)15(17)18/h10-14H,2-9H2,1H3,(H,17,18). The van der Waals surface area contributed by atoms with E-state index in [4.69, 9.17) is 0 Å². The fraction of sp³-hybridized carbons (Fsp3) is 0.933. The number of carboxylic acid groups (broad SMARTS) is 1. The first-order valence-corrected chi connectivity index (χ1v) is 8.85. The summed E-state index contributed by atoms with van der Waals surface area (Å²) in [6.07, 6.45) is 8.41. The fourth-order valence-electron chi connectivity index (χ4n) is 4.50. The van der Waals surface area contributed by atoms with Crippen LogP contribution in [0.5, 0.6) is 0 Å². The predicted octanol–water partition coefficient (Wildman–Crippen LogP) is 2.99. The molecule has 4 heteroatoms. The van der Waals surface area contributed by atoms with Gasteiger partial charge in [-0.2, -0.15) is 11.8 Å². The van der Waals surface area contributed by atoms with Gasteiger partial charge in [-0.3, -0.25) is 9.69 Å². The van der Waals surface area contributed by atoms with E-state index in [-0.39, 0.29) is 6.04 Å². The molecule has 0 bridgehead atoms. The van der Waals surface area contributed by atoms with Crippen LogP contribution in [-0.4, -0.2) is 45.1 Å². The molecule has 5 atom stereocenters. The van der Waals surface area contributed by atoms with Gasteiger partial charge in [0.1, 0.15) is 6.04 Å². The van der Waals surface area contributed by atoms with Crippen LogP contribution in [0, 0.1) is 5.92 Å². The molecule has 1 saturated carbocycles. The number of likely N-dealkylation sites (tertiary alicyclic amines) is 1. The summed E-state index contributed by atoms with van der Waals surface area (Å²) in [6.45, 7) is 2.30. The molecule has 1 aliphatic carbocycles. The lowest BCUT2D eigenvalue weighted by atomic mass is 9.84. The smallest absolute Gasteiger partial charge is 0.320 e. The molecule has 3 rings (SSSR count). The summed E-state index contributed by atoms with van der Waals surface area (Å²) in [6, 6.07) is 0.841. The first kappa shape index (κ1) is 13.7. The zero-order chi connectivity index (χ0) is 13.4. The van der Waals surface area contributed by atoms with Crippen molar-refractivity contribution in [1.29, 1.82) is 0 Å². The molecule has 0 aromatic rings. The number of hydrogen-bond acceptors (Lipinski definition) is 3. The van der Waals surface area contributed by atoms with Gasteiger partial charge < -0.3 is 5.11 Å². The minimum atomic E-state index is -0.586. The second-order valence-electron chi connectivity index (χ2n) is 6.43. The highest BCUT2D eigenvalue weighted by molar-refractivity contribution is 7.99. The van der Waals surface area contributed by atoms with Crippen LogP contribution in [0.25, 0.3) is 0 Å². The largest absolute Gasteiger partial charge is 0.480 e. The van der Waals surface area contributed by atoms with Gasteiger partial charge >= 0.3 is 5.97 Å². The number of rotatable bonds is 2. The van der Waals surface area contributed by atoms with Crippen molar-refractivity contribution in [3.05, 3.63) is 0 Å². The highest BCUT2D eigenvalue weighted by Gasteiger charge is 2.49. The van der Waals surface area contributed by atoms with Crippen LogP contribution in [0.3, 0.4) is 0 Å². The zero-order valence-electron chi connectivity index (χ0n) is 11.8. The number of fused-ring (bicyclic) bond motifs is 1. The van der Waals surface area contributed by atoms with Crippen molar-refractivity contribution in [2.45, 2.75) is 75.2 Å². The molecule has 3 aliphatic rings. The molecule has 0 spiro atoms. The lowest BCUT2D eigenvalue weighted by molar-refractivity contribution is -0.143. The summed E-state index contributed by atoms with van der Waals surface area (Å²) in [7, 11) is 0. The molecular formula is C15H25NO2S. The number of hydrogen-bond donors (Lipinski definition) is 1. The molecular weight excluding hydrogens is 258 g/mol. The first-order valence-electron chi connectivity index (χ1n) is 7.80. The van der Waals surface area contributed by atoms with Crippen molar-refractivity contribution >= 4 is 17.7 Å². The zero-order valence-corrected chi connectivity index (χ0v) is 12.6. The molecule has 19 heavy (non-hydrogen) atoms. The average Bonchev–Trinajstić information content (AvgIpc) is 2.79. The minimum absolute atomic E-state index is 0.209. The van der Waals surface area contributed by atoms with Crippen LogP contribution in [0.4, 0.5) is 0 Å². The van der Waals surface area contributed by atoms with Gasteiger partial charge in [-0.15, -0.1) is 0 Å². The van der Waals surface area contributed by atoms with Crippen molar-refractivity contribution < 1.29 is 9.90 Å². The molecule has 2 aliphatic heterocycles. The monoisotopic (exact) mass is 283 g/mol. The molecule has 5 unspecified atom stereocenters. The Morgan fingerprint density at radius 3 is 2.63 bits per heavy atom. The molecule has 1 N–H and O–H groups in total. The first-order chi connectivity index (χ1) is 9.18. The molecule has 108 valence electrons. The van der Waals surface area contributed by atoms with E-state index < -0.39 is 5.97 Å². The Morgan fingerprint density at radius 2 is 1.89 bits per heavy atom. The van der Waals surface area contributed by atoms with Crippen LogP contribution in [0.15, 0.2) is 0 Å². The fourth-order valence-corrected chi connectivity index (χ4v) is 5.70. The van der Waals surface area contributed by atoms with E-state index in [2.05, 4.69) is 11.8 Å². The summed E-state index contributed by atoms with van der Waals surface area (Å²) < 4.78 is 0. The quantitative estimate of drug-likeness (QED) is 0.846. The van der Waals surface area contributed by atoms with Gasteiger partial charge in [-0.25, -0.2) is 0 Å². The second kappa shape index (κ2) is 5.65. The van der Waals surface area contributed by atoms with Gasteiger partial charge in [0.25, 0.3) is 0 Å². The van der Waals surface area contributed by atoms with Gasteiger partial charge in [0.15, 0.2) is 0 Å². The lowest BCUT2D eigenvalue weighted by Crippen LogP contribution is -2.52. The molecule has 3 fully saturated rings. The van der Waals surface area contributed by atoms with E-state index in [1.165, 1.54) is 44.3 Å². The Kier molecular flexibility index (Phi) is 4.08. The number of carbonyl (C=O) groups is 1. The topological polar surface area (TPSA) is 40.5 Å². The van der Waals surface area contributed by atoms with E-state index in [9.17, 15) is 9.90 Å². The van der Waals surface area contributed by atoms with Crippen LogP contribution < -0.4 is 0 Å². The molecule has 0 amide bonds. The predicted molar refractivity (Wildman–Crippen MR) is 78.6 cm³/mol. The van der Waals surface area contributed by atoms with Gasteiger partial charge in [0, 0.05) is 17.3 Å². The Bertz CT molecular complexity index is 349. The second-order valence-corrected chi connectivity index (χ2v) is 7.92. The van der Waals surface area contributed by atoms with Gasteiger partial charge in [0.2, 0.25) is 0 Å². The van der Waals surface area contributed by atoms with Crippen LogP contribution in [0.1, 0.15) is 51.9 Å². The van der Waals surface area contributed by atoms with E-state index in [0.717, 1.165) is 6.42 Å². The van der Waals surface area contributed by atoms with E-state index >= 15 is 0 Å². The number of thioether (sulfide) groups is 1. The van der Waals surface area contributed by atoms with Gasteiger partial charge in [0.05, 0.1) is 0 Å². The molecule has 2 heterocycles. The lowest BCUT2D eigenvalue weighted by Gasteiger charge is -2.43. The molecule has 0 radical (unpaired) electrons. The van der Waals surface area contributed by atoms with Crippen molar-refractivity contribution in [3.8, 4) is 0 Å². The summed E-state index contributed by atoms with van der Waals surface area (Å²) in [5.74, 6) is 1.31. The van der Waals surface area contributed by atoms with Crippen molar-refractivity contribution in [2.24, 2.45) is 5.92 Å². The molecule has 3 nitrogen and oxygen atoms in total. The Morgan fingerprint density at radius 1 is 1.16 bits per heavy atom. The Hall–Kier alpha value is -0.220. The number of carboxylic acids is 1. The number of aliphatic carboxylic acids is 1. The van der Waals surface area contributed by atoms with Crippen molar-refractivity contribution in [2.75, 3.05) is 5.75 Å². The van der Waals surface area contributed by atoms with E-state index in [0.29, 0.717) is 23.3 Å². The third kappa shape index (κ3) is 2.54. The maximum absolute atomic E-state index is 11.7. The van der Waals surface area contributed by atoms with E-state index in [1.807, 2.05) is 11.8 Å². The van der Waals surface area contributed by atoms with Crippen molar-refractivity contribution in [1.82, 2.24) is 4.90 Å². The Balaban J connectivity index is 1.83. The van der Waals surface area contributed by atoms with Crippen LogP contribution in [0.2, 0.25) is 0 Å². The number of nitrogens with zero attached hydrogens (tertiary/aromatic N) is 1. The Labute approximate surface area is 120 Å². The van der Waals surface area contributed by atoms with Gasteiger partial charge in [-0.1, -0.05) is 19.8 Å². The highest BCUT2D eigenvalue weighted by atomic mass is 32.2. The SMILES string of the molecule is CC1SCCCC1N1C(C(=O)O)CC2CCCCC21. The molecule has 0 aromatic heterocycles. The normalized spacial score (nSPS) is 43.9.